The molecule has 2 aromatic heterocycles. The molecule has 1 N–H and O–H groups in total. The lowest BCUT2D eigenvalue weighted by atomic mass is 9.94. The minimum atomic E-state index is -1.01. The molecule has 0 aliphatic heterocycles. The van der Waals surface area contributed by atoms with E-state index in [0.717, 1.165) is 37.6 Å². The van der Waals surface area contributed by atoms with Gasteiger partial charge in [-0.25, -0.2) is 4.68 Å². The SMILES string of the molecule is COc1cccc([C@@H](C(=O)NC2CCCCC2)N(Cc2ccco2)C(=O)Cn2nnc3ccccc32)c1OC. The van der Waals surface area contributed by atoms with Crippen LogP contribution in [-0.2, 0) is 22.7 Å². The van der Waals surface area contributed by atoms with Crippen molar-refractivity contribution < 1.29 is 23.5 Å². The second kappa shape index (κ2) is 12.0. The number of benzene rings is 2. The number of fused-ring (bicyclic) bond motifs is 1. The number of nitrogens with zero attached hydrogens (tertiary/aromatic N) is 4. The van der Waals surface area contributed by atoms with Gasteiger partial charge in [0.15, 0.2) is 11.5 Å². The van der Waals surface area contributed by atoms with Crippen LogP contribution in [0.15, 0.2) is 65.3 Å². The van der Waals surface area contributed by atoms with Crippen molar-refractivity contribution >= 4 is 22.8 Å². The number of rotatable bonds is 10. The fourth-order valence-corrected chi connectivity index (χ4v) is 5.25. The van der Waals surface area contributed by atoms with E-state index in [9.17, 15) is 9.59 Å². The number of nitrogens with one attached hydrogen (secondary N) is 1. The van der Waals surface area contributed by atoms with Crippen molar-refractivity contribution in [2.24, 2.45) is 0 Å². The second-order valence-corrected chi connectivity index (χ2v) is 9.67. The molecule has 10 nitrogen and oxygen atoms in total. The van der Waals surface area contributed by atoms with Gasteiger partial charge in [-0.3, -0.25) is 9.59 Å². The van der Waals surface area contributed by atoms with Crippen LogP contribution < -0.4 is 14.8 Å². The molecule has 1 aliphatic rings. The lowest BCUT2D eigenvalue weighted by Gasteiger charge is -2.33. The monoisotopic (exact) mass is 531 g/mol. The molecule has 2 aromatic carbocycles. The van der Waals surface area contributed by atoms with E-state index < -0.39 is 6.04 Å². The highest BCUT2D eigenvalue weighted by Crippen LogP contribution is 2.38. The van der Waals surface area contributed by atoms with E-state index in [1.54, 1.807) is 48.4 Å². The van der Waals surface area contributed by atoms with Gasteiger partial charge in [-0.2, -0.15) is 0 Å². The van der Waals surface area contributed by atoms with Gasteiger partial charge in [0.1, 0.15) is 23.9 Å². The zero-order chi connectivity index (χ0) is 27.2. The van der Waals surface area contributed by atoms with Crippen molar-refractivity contribution in [3.63, 3.8) is 0 Å². The maximum absolute atomic E-state index is 14.1. The predicted octanol–water partition coefficient (Wildman–Crippen LogP) is 4.26. The number of ether oxygens (including phenoxy) is 2. The summed E-state index contributed by atoms with van der Waals surface area (Å²) in [6.45, 7) is -0.0394. The maximum Gasteiger partial charge on any atom is 0.247 e. The van der Waals surface area contributed by atoms with E-state index in [2.05, 4.69) is 15.6 Å². The quantitative estimate of drug-likeness (QED) is 0.325. The van der Waals surface area contributed by atoms with Crippen LogP contribution in [0.4, 0.5) is 0 Å². The van der Waals surface area contributed by atoms with E-state index >= 15 is 0 Å². The highest BCUT2D eigenvalue weighted by molar-refractivity contribution is 5.90. The molecule has 5 rings (SSSR count). The van der Waals surface area contributed by atoms with Gasteiger partial charge in [-0.05, 0) is 43.2 Å². The number of methoxy groups -OCH3 is 2. The van der Waals surface area contributed by atoms with Gasteiger partial charge in [-0.15, -0.1) is 5.10 Å². The molecule has 10 heteroatoms. The molecule has 1 atom stereocenters. The first-order valence-electron chi connectivity index (χ1n) is 13.2. The lowest BCUT2D eigenvalue weighted by Crippen LogP contribution is -2.47. The van der Waals surface area contributed by atoms with Gasteiger partial charge in [-0.1, -0.05) is 48.7 Å². The van der Waals surface area contributed by atoms with Gasteiger partial charge in [0.05, 0.1) is 32.5 Å². The summed E-state index contributed by atoms with van der Waals surface area (Å²) in [6.07, 6.45) is 6.65. The number of amides is 2. The number of para-hydroxylation sites is 2. The number of carbonyl (C=O) groups is 2. The molecule has 0 unspecified atom stereocenters. The van der Waals surface area contributed by atoms with E-state index in [1.807, 2.05) is 24.3 Å². The summed E-state index contributed by atoms with van der Waals surface area (Å²) in [5, 5.41) is 11.6. The fourth-order valence-electron chi connectivity index (χ4n) is 5.25. The van der Waals surface area contributed by atoms with Crippen molar-refractivity contribution in [1.82, 2.24) is 25.2 Å². The summed E-state index contributed by atoms with van der Waals surface area (Å²) in [5.41, 5.74) is 1.93. The smallest absolute Gasteiger partial charge is 0.247 e. The number of furan rings is 1. The lowest BCUT2D eigenvalue weighted by molar-refractivity contribution is -0.143. The molecule has 2 heterocycles. The molecule has 0 spiro atoms. The Bertz CT molecular complexity index is 1410. The van der Waals surface area contributed by atoms with Gasteiger partial charge in [0, 0.05) is 11.6 Å². The van der Waals surface area contributed by atoms with Crippen LogP contribution in [0.5, 0.6) is 11.5 Å². The number of hydrogen-bond acceptors (Lipinski definition) is 7. The predicted molar refractivity (Wildman–Crippen MR) is 144 cm³/mol. The fraction of sp³-hybridized carbons (Fsp3) is 0.379. The largest absolute Gasteiger partial charge is 0.493 e. The van der Waals surface area contributed by atoms with Crippen LogP contribution in [-0.4, -0.2) is 52.0 Å². The van der Waals surface area contributed by atoms with Gasteiger partial charge in [0.2, 0.25) is 11.8 Å². The van der Waals surface area contributed by atoms with E-state index in [1.165, 1.54) is 12.0 Å². The Morgan fingerprint density at radius 2 is 1.87 bits per heavy atom. The van der Waals surface area contributed by atoms with Crippen LogP contribution in [0.2, 0.25) is 0 Å². The molecule has 1 aliphatic carbocycles. The third-order valence-corrected chi connectivity index (χ3v) is 7.17. The Balaban J connectivity index is 1.56. The second-order valence-electron chi connectivity index (χ2n) is 9.67. The molecule has 0 bridgehead atoms. The van der Waals surface area contributed by atoms with Crippen LogP contribution in [0.1, 0.15) is 49.5 Å². The molecular weight excluding hydrogens is 498 g/mol. The minimum Gasteiger partial charge on any atom is -0.493 e. The molecule has 204 valence electrons. The van der Waals surface area contributed by atoms with Crippen molar-refractivity contribution in [2.45, 2.75) is 57.3 Å². The normalized spacial score (nSPS) is 14.6. The Labute approximate surface area is 226 Å². The molecular formula is C29H33N5O5. The highest BCUT2D eigenvalue weighted by Gasteiger charge is 2.36. The first-order chi connectivity index (χ1) is 19.1. The van der Waals surface area contributed by atoms with E-state index in [-0.39, 0.29) is 30.9 Å². The first kappa shape index (κ1) is 26.3. The third-order valence-electron chi connectivity index (χ3n) is 7.17. The summed E-state index contributed by atoms with van der Waals surface area (Å²) in [6, 6.07) is 15.4. The minimum absolute atomic E-state index is 0.0465. The van der Waals surface area contributed by atoms with Crippen molar-refractivity contribution in [2.75, 3.05) is 14.2 Å². The average molecular weight is 532 g/mol. The van der Waals surface area contributed by atoms with Crippen LogP contribution in [0.25, 0.3) is 11.0 Å². The zero-order valence-corrected chi connectivity index (χ0v) is 22.2. The molecule has 1 saturated carbocycles. The summed E-state index contributed by atoms with van der Waals surface area (Å²) in [4.78, 5) is 29.7. The maximum atomic E-state index is 14.1. The Morgan fingerprint density at radius 1 is 1.05 bits per heavy atom. The first-order valence-corrected chi connectivity index (χ1v) is 13.2. The standard InChI is InChI=1S/C29H33N5O5/c1-37-25-16-8-13-22(28(25)38-2)27(29(36)30-20-10-4-3-5-11-20)33(18-21-12-9-17-39-21)26(35)19-34-24-15-7-6-14-23(24)31-32-34/h6-9,12-17,20,27H,3-5,10-11,18-19H2,1-2H3,(H,30,36)/t27-/m0/s1. The summed E-state index contributed by atoms with van der Waals surface area (Å²) >= 11 is 0. The molecule has 2 amide bonds. The van der Waals surface area contributed by atoms with Crippen molar-refractivity contribution in [3.8, 4) is 11.5 Å². The molecule has 4 aromatic rings. The average Bonchev–Trinajstić information content (AvgIpc) is 3.63. The molecule has 0 saturated heterocycles. The molecule has 1 fully saturated rings. The summed E-state index contributed by atoms with van der Waals surface area (Å²) in [5.74, 6) is 0.807. The van der Waals surface area contributed by atoms with Gasteiger partial charge in [0.25, 0.3) is 0 Å². The van der Waals surface area contributed by atoms with E-state index in [0.29, 0.717) is 28.3 Å². The highest BCUT2D eigenvalue weighted by atomic mass is 16.5. The Hall–Kier alpha value is -4.34. The summed E-state index contributed by atoms with van der Waals surface area (Å²) in [7, 11) is 3.07. The van der Waals surface area contributed by atoms with Crippen LogP contribution in [0, 0.1) is 0 Å². The van der Waals surface area contributed by atoms with Crippen molar-refractivity contribution in [3.05, 3.63) is 72.2 Å². The Kier molecular flexibility index (Phi) is 8.10. The Morgan fingerprint density at radius 3 is 2.62 bits per heavy atom. The zero-order valence-electron chi connectivity index (χ0n) is 22.2. The molecule has 39 heavy (non-hydrogen) atoms. The van der Waals surface area contributed by atoms with E-state index in [4.69, 9.17) is 13.9 Å². The van der Waals surface area contributed by atoms with Crippen LogP contribution >= 0.6 is 0 Å². The van der Waals surface area contributed by atoms with Crippen molar-refractivity contribution in [1.29, 1.82) is 0 Å². The number of carbonyl (C=O) groups excluding carboxylic acids is 2. The third kappa shape index (κ3) is 5.74. The van der Waals surface area contributed by atoms with Gasteiger partial charge >= 0.3 is 0 Å². The van der Waals surface area contributed by atoms with Crippen LogP contribution in [0.3, 0.4) is 0 Å². The van der Waals surface area contributed by atoms with Gasteiger partial charge < -0.3 is 24.1 Å². The summed E-state index contributed by atoms with van der Waals surface area (Å²) < 4.78 is 18.4. The molecule has 0 radical (unpaired) electrons. The topological polar surface area (TPSA) is 112 Å². The number of hydrogen-bond donors (Lipinski definition) is 1. The number of aromatic nitrogens is 3.